The minimum absolute atomic E-state index is 0.0260. The van der Waals surface area contributed by atoms with E-state index in [0.29, 0.717) is 4.58 Å². The van der Waals surface area contributed by atoms with Gasteiger partial charge in [-0.15, -0.1) is 35.1 Å². The Labute approximate surface area is 160 Å². The van der Waals surface area contributed by atoms with Crippen molar-refractivity contribution in [2.75, 3.05) is 23.0 Å². The minimum Gasteiger partial charge on any atom is -0.311 e. The van der Waals surface area contributed by atoms with Crippen LogP contribution in [0.15, 0.2) is 18.2 Å². The molecular formula is C19H28ClNOS2. The largest absolute Gasteiger partial charge is 0.311 e. The van der Waals surface area contributed by atoms with Gasteiger partial charge in [0.05, 0.1) is 10.3 Å². The number of rotatable bonds is 7. The van der Waals surface area contributed by atoms with E-state index in [4.69, 9.17) is 11.6 Å². The average Bonchev–Trinajstić information content (AvgIpc) is 2.62. The van der Waals surface area contributed by atoms with E-state index in [1.165, 1.54) is 29.1 Å². The molecule has 1 aromatic carbocycles. The van der Waals surface area contributed by atoms with Crippen molar-refractivity contribution in [2.45, 2.75) is 56.4 Å². The van der Waals surface area contributed by atoms with Crippen LogP contribution in [0.2, 0.25) is 0 Å². The molecule has 2 rings (SSSR count). The van der Waals surface area contributed by atoms with Gasteiger partial charge < -0.3 is 4.90 Å². The second kappa shape index (κ2) is 9.98. The Morgan fingerprint density at radius 2 is 1.83 bits per heavy atom. The molecule has 1 amide bonds. The first kappa shape index (κ1) is 20.0. The normalized spacial score (nSPS) is 16.8. The zero-order valence-electron chi connectivity index (χ0n) is 14.9. The highest BCUT2D eigenvalue weighted by atomic mass is 35.5. The third-order valence-corrected chi connectivity index (χ3v) is 7.59. The summed E-state index contributed by atoms with van der Waals surface area (Å²) in [7, 11) is 0. The lowest BCUT2D eigenvalue weighted by molar-refractivity contribution is -0.118. The van der Waals surface area contributed by atoms with Crippen LogP contribution < -0.4 is 4.90 Å². The Morgan fingerprint density at radius 3 is 2.33 bits per heavy atom. The maximum atomic E-state index is 12.8. The molecule has 1 heterocycles. The van der Waals surface area contributed by atoms with Gasteiger partial charge in [-0.3, -0.25) is 4.79 Å². The van der Waals surface area contributed by atoms with Gasteiger partial charge in [0.25, 0.3) is 0 Å². The molecule has 24 heavy (non-hydrogen) atoms. The van der Waals surface area contributed by atoms with E-state index in [2.05, 4.69) is 32.0 Å². The van der Waals surface area contributed by atoms with Gasteiger partial charge in [0.2, 0.25) is 5.91 Å². The molecule has 0 bridgehead atoms. The molecule has 134 valence electrons. The van der Waals surface area contributed by atoms with E-state index in [1.807, 2.05) is 28.4 Å². The summed E-state index contributed by atoms with van der Waals surface area (Å²) in [6, 6.07) is 6.37. The van der Waals surface area contributed by atoms with Crippen LogP contribution >= 0.6 is 35.1 Å². The molecule has 0 saturated carbocycles. The first-order valence-corrected chi connectivity index (χ1v) is 11.4. The van der Waals surface area contributed by atoms with Crippen LogP contribution in [-0.4, -0.2) is 33.9 Å². The number of benzene rings is 1. The van der Waals surface area contributed by atoms with Gasteiger partial charge in [0.1, 0.15) is 5.38 Å². The lowest BCUT2D eigenvalue weighted by atomic mass is 10.0. The number of carbonyl (C=O) groups excluding carboxylic acids is 1. The average molecular weight is 386 g/mol. The van der Waals surface area contributed by atoms with Crippen molar-refractivity contribution < 1.29 is 4.79 Å². The van der Waals surface area contributed by atoms with E-state index in [9.17, 15) is 4.79 Å². The van der Waals surface area contributed by atoms with Crippen LogP contribution in [0.4, 0.5) is 5.69 Å². The second-order valence-electron chi connectivity index (χ2n) is 6.05. The van der Waals surface area contributed by atoms with Gasteiger partial charge in [0, 0.05) is 6.54 Å². The van der Waals surface area contributed by atoms with Crippen molar-refractivity contribution >= 4 is 46.7 Å². The van der Waals surface area contributed by atoms with Gasteiger partial charge in [-0.1, -0.05) is 32.0 Å². The summed E-state index contributed by atoms with van der Waals surface area (Å²) < 4.78 is 0.596. The quantitative estimate of drug-likeness (QED) is 0.589. The van der Waals surface area contributed by atoms with Crippen molar-refractivity contribution in [3.05, 3.63) is 29.3 Å². The molecule has 0 N–H and O–H groups in total. The molecular weight excluding hydrogens is 358 g/mol. The lowest BCUT2D eigenvalue weighted by Gasteiger charge is -2.30. The molecule has 1 aliphatic heterocycles. The van der Waals surface area contributed by atoms with Crippen molar-refractivity contribution in [2.24, 2.45) is 0 Å². The highest BCUT2D eigenvalue weighted by molar-refractivity contribution is 8.17. The van der Waals surface area contributed by atoms with Gasteiger partial charge in [0.15, 0.2) is 0 Å². The summed E-state index contributed by atoms with van der Waals surface area (Å²) in [4.78, 5) is 14.8. The predicted octanol–water partition coefficient (Wildman–Crippen LogP) is 5.36. The monoisotopic (exact) mass is 385 g/mol. The number of hydrogen-bond donors (Lipinski definition) is 0. The van der Waals surface area contributed by atoms with Crippen LogP contribution in [0, 0.1) is 0 Å². The van der Waals surface area contributed by atoms with Crippen LogP contribution in [-0.2, 0) is 17.6 Å². The van der Waals surface area contributed by atoms with Gasteiger partial charge in [-0.2, -0.15) is 0 Å². The minimum atomic E-state index is -0.494. The SMILES string of the molecule is CCc1cccc(CC)c1N(CCC1SCCCS1)C(=O)C(C)Cl. The number of carbonyl (C=O) groups is 1. The number of para-hydroxylation sites is 1. The number of halogens is 1. The van der Waals surface area contributed by atoms with E-state index in [1.54, 1.807) is 6.92 Å². The highest BCUT2D eigenvalue weighted by Crippen LogP contribution is 2.34. The number of hydrogen-bond acceptors (Lipinski definition) is 3. The van der Waals surface area contributed by atoms with E-state index < -0.39 is 5.38 Å². The first-order valence-electron chi connectivity index (χ1n) is 8.87. The summed E-state index contributed by atoms with van der Waals surface area (Å²) >= 11 is 10.2. The third kappa shape index (κ3) is 5.09. The van der Waals surface area contributed by atoms with Gasteiger partial charge in [-0.25, -0.2) is 0 Å². The summed E-state index contributed by atoms with van der Waals surface area (Å²) in [6.45, 7) is 6.83. The molecule has 0 aliphatic carbocycles. The maximum Gasteiger partial charge on any atom is 0.244 e. The van der Waals surface area contributed by atoms with Crippen molar-refractivity contribution in [3.8, 4) is 0 Å². The van der Waals surface area contributed by atoms with E-state index in [0.717, 1.165) is 31.5 Å². The second-order valence-corrected chi connectivity index (χ2v) is 9.63. The molecule has 1 saturated heterocycles. The molecule has 1 fully saturated rings. The molecule has 2 nitrogen and oxygen atoms in total. The number of thioether (sulfide) groups is 2. The molecule has 1 aromatic rings. The topological polar surface area (TPSA) is 20.3 Å². The van der Waals surface area contributed by atoms with Crippen LogP contribution in [0.1, 0.15) is 44.7 Å². The zero-order valence-corrected chi connectivity index (χ0v) is 17.3. The summed E-state index contributed by atoms with van der Waals surface area (Å²) in [5.74, 6) is 2.50. The Balaban J connectivity index is 2.27. The van der Waals surface area contributed by atoms with Gasteiger partial charge in [-0.05, 0) is 55.2 Å². The first-order chi connectivity index (χ1) is 11.6. The maximum absolute atomic E-state index is 12.8. The number of amides is 1. The Bertz CT molecular complexity index is 522. The fourth-order valence-corrected chi connectivity index (χ4v) is 6.00. The predicted molar refractivity (Wildman–Crippen MR) is 111 cm³/mol. The van der Waals surface area contributed by atoms with Gasteiger partial charge >= 0.3 is 0 Å². The van der Waals surface area contributed by atoms with E-state index in [-0.39, 0.29) is 5.91 Å². The molecule has 5 heteroatoms. The van der Waals surface area contributed by atoms with E-state index >= 15 is 0 Å². The number of alkyl halides is 1. The van der Waals surface area contributed by atoms with Crippen molar-refractivity contribution in [1.29, 1.82) is 0 Å². The van der Waals surface area contributed by atoms with Crippen molar-refractivity contribution in [3.63, 3.8) is 0 Å². The Hall–Kier alpha value is -0.320. The summed E-state index contributed by atoms with van der Waals surface area (Å²) in [5, 5.41) is -0.494. The highest BCUT2D eigenvalue weighted by Gasteiger charge is 2.25. The summed E-state index contributed by atoms with van der Waals surface area (Å²) in [5.41, 5.74) is 3.58. The lowest BCUT2D eigenvalue weighted by Crippen LogP contribution is -2.38. The number of anilines is 1. The fourth-order valence-electron chi connectivity index (χ4n) is 3.05. The van der Waals surface area contributed by atoms with Crippen LogP contribution in [0.3, 0.4) is 0 Å². The number of nitrogens with zero attached hydrogens (tertiary/aromatic N) is 1. The Morgan fingerprint density at radius 1 is 1.25 bits per heavy atom. The molecule has 0 spiro atoms. The molecule has 1 unspecified atom stereocenters. The standard InChI is InChI=1S/C19H28ClNOS2/c1-4-15-8-6-9-16(5-2)18(15)21(19(22)14(3)20)11-10-17-23-12-7-13-24-17/h6,8-9,14,17H,4-5,7,10-13H2,1-3H3. The zero-order chi connectivity index (χ0) is 17.5. The fraction of sp³-hybridized carbons (Fsp3) is 0.632. The van der Waals surface area contributed by atoms with Crippen LogP contribution in [0.5, 0.6) is 0 Å². The smallest absolute Gasteiger partial charge is 0.244 e. The Kier molecular flexibility index (Phi) is 8.32. The molecule has 1 aliphatic rings. The molecule has 0 aromatic heterocycles. The number of aryl methyl sites for hydroxylation is 2. The third-order valence-electron chi connectivity index (χ3n) is 4.33. The van der Waals surface area contributed by atoms with Crippen LogP contribution in [0.25, 0.3) is 0 Å². The molecule has 1 atom stereocenters. The molecule has 0 radical (unpaired) electrons. The van der Waals surface area contributed by atoms with Crippen molar-refractivity contribution in [1.82, 2.24) is 0 Å². The summed E-state index contributed by atoms with van der Waals surface area (Å²) in [6.07, 6.45) is 4.17.